The second-order valence-electron chi connectivity index (χ2n) is 14.3. The van der Waals surface area contributed by atoms with E-state index in [2.05, 4.69) is 26.6 Å². The Bertz CT molecular complexity index is 1510. The van der Waals surface area contributed by atoms with Crippen LogP contribution in [0.4, 0.5) is 0 Å². The van der Waals surface area contributed by atoms with Gasteiger partial charge in [0.15, 0.2) is 6.04 Å². The lowest BCUT2D eigenvalue weighted by Gasteiger charge is -2.32. The number of carbonyl (C=O) groups is 7. The minimum Gasteiger partial charge on any atom is -0.508 e. The van der Waals surface area contributed by atoms with Crippen molar-refractivity contribution in [2.45, 2.75) is 121 Å². The molecule has 0 saturated carbocycles. The molecule has 1 aliphatic heterocycles. The maximum Gasteiger partial charge on any atom is 0.328 e. The summed E-state index contributed by atoms with van der Waals surface area (Å²) in [6, 6.07) is -3.95. The summed E-state index contributed by atoms with van der Waals surface area (Å²) < 4.78 is 0. The van der Waals surface area contributed by atoms with Crippen molar-refractivity contribution in [3.8, 4) is 5.75 Å². The lowest BCUT2D eigenvalue weighted by molar-refractivity contribution is -0.148. The molecule has 2 rings (SSSR count). The number of phenolic OH excluding ortho intramolecular Hbond substituents is 1. The number of rotatable bonds is 22. The van der Waals surface area contributed by atoms with Crippen LogP contribution in [-0.4, -0.2) is 146 Å². The number of aromatic hydroxyl groups is 1. The number of nitrogens with one attached hydrogen (secondary N) is 5. The van der Waals surface area contributed by atoms with Gasteiger partial charge in [0.05, 0.1) is 24.9 Å². The summed E-state index contributed by atoms with van der Waals surface area (Å²) in [5, 5.41) is 61.6. The zero-order valence-corrected chi connectivity index (χ0v) is 32.1. The molecule has 1 aromatic rings. The van der Waals surface area contributed by atoms with E-state index in [1.807, 2.05) is 0 Å². The molecule has 1 saturated heterocycles. The number of carboxylic acid groups (broad SMARTS) is 1. The molecular formula is C36H58N8O12. The van der Waals surface area contributed by atoms with Crippen molar-refractivity contribution >= 4 is 41.4 Å². The summed E-state index contributed by atoms with van der Waals surface area (Å²) in [5.74, 6) is -7.29. The zero-order valence-electron chi connectivity index (χ0n) is 32.1. The number of aliphatic carboxylic acids is 1. The summed E-state index contributed by atoms with van der Waals surface area (Å²) in [4.78, 5) is 93.0. The Labute approximate surface area is 325 Å². The third-order valence-electron chi connectivity index (χ3n) is 9.31. The molecule has 14 N–H and O–H groups in total. The molecule has 9 atom stereocenters. The summed E-state index contributed by atoms with van der Waals surface area (Å²) in [6.07, 6.45) is -1.15. The monoisotopic (exact) mass is 794 g/mol. The molecule has 0 bridgehead atoms. The Kier molecular flexibility index (Phi) is 19.1. The highest BCUT2D eigenvalue weighted by Crippen LogP contribution is 2.20. The van der Waals surface area contributed by atoms with Crippen molar-refractivity contribution in [1.82, 2.24) is 31.5 Å². The molecule has 0 radical (unpaired) electrons. The molecular weight excluding hydrogens is 736 g/mol. The van der Waals surface area contributed by atoms with Crippen LogP contribution in [0.1, 0.15) is 65.4 Å². The van der Waals surface area contributed by atoms with Gasteiger partial charge in [-0.25, -0.2) is 4.79 Å². The first-order chi connectivity index (χ1) is 26.3. The van der Waals surface area contributed by atoms with Gasteiger partial charge in [-0.3, -0.25) is 28.8 Å². The minimum absolute atomic E-state index is 0.0426. The first kappa shape index (κ1) is 47.3. The number of phenols is 1. The van der Waals surface area contributed by atoms with Crippen molar-refractivity contribution in [1.29, 1.82) is 0 Å². The maximum absolute atomic E-state index is 13.9. The highest BCUT2D eigenvalue weighted by Gasteiger charge is 2.42. The van der Waals surface area contributed by atoms with Crippen molar-refractivity contribution in [2.75, 3.05) is 19.7 Å². The average molecular weight is 795 g/mol. The van der Waals surface area contributed by atoms with Crippen LogP contribution in [-0.2, 0) is 40.0 Å². The van der Waals surface area contributed by atoms with Crippen LogP contribution >= 0.6 is 0 Å². The van der Waals surface area contributed by atoms with Crippen LogP contribution in [0.15, 0.2) is 24.3 Å². The predicted molar refractivity (Wildman–Crippen MR) is 200 cm³/mol. The standard InChI is InChI=1S/C36H58N8O12/c1-18(2)27(34(53)42-28(19(3)46)35(54)44-15-7-9-26(44)33(52)43-29(20(4)47)36(55)56)41-31(50)24(16-21-10-12-22(48)13-11-21)39-32(51)25(17-45)40-30(49)23(38)8-5-6-14-37/h10-13,18-20,23-29,45-48H,5-9,14-17,37-38H2,1-4H3,(H,39,51)(H,40,49)(H,41,50)(H,42,53)(H,43,52)(H,55,56)/t19-,20-,23+,24+,25+,26+,27+,28+,29+/m1/s1. The average Bonchev–Trinajstić information content (AvgIpc) is 3.63. The molecule has 1 aliphatic rings. The smallest absolute Gasteiger partial charge is 0.328 e. The molecule has 56 heavy (non-hydrogen) atoms. The van der Waals surface area contributed by atoms with Crippen molar-refractivity contribution in [3.05, 3.63) is 29.8 Å². The van der Waals surface area contributed by atoms with Gasteiger partial charge in [0.25, 0.3) is 0 Å². The molecule has 1 fully saturated rings. The Morgan fingerprint density at radius 3 is 1.89 bits per heavy atom. The van der Waals surface area contributed by atoms with E-state index in [0.717, 1.165) is 4.90 Å². The van der Waals surface area contributed by atoms with E-state index >= 15 is 0 Å². The highest BCUT2D eigenvalue weighted by atomic mass is 16.4. The van der Waals surface area contributed by atoms with Gasteiger partial charge in [0, 0.05) is 13.0 Å². The largest absolute Gasteiger partial charge is 0.508 e. The molecule has 314 valence electrons. The van der Waals surface area contributed by atoms with Gasteiger partial charge in [-0.15, -0.1) is 0 Å². The number of likely N-dealkylation sites (tertiary alicyclic amines) is 1. The molecule has 20 nitrogen and oxygen atoms in total. The third-order valence-corrected chi connectivity index (χ3v) is 9.31. The molecule has 20 heteroatoms. The van der Waals surface area contributed by atoms with Gasteiger partial charge in [0.2, 0.25) is 35.4 Å². The Morgan fingerprint density at radius 2 is 1.36 bits per heavy atom. The molecule has 0 unspecified atom stereocenters. The molecule has 0 aliphatic carbocycles. The van der Waals surface area contributed by atoms with Crippen LogP contribution in [0.25, 0.3) is 0 Å². The first-order valence-corrected chi connectivity index (χ1v) is 18.6. The van der Waals surface area contributed by atoms with Crippen LogP contribution in [0.2, 0.25) is 0 Å². The van der Waals surface area contributed by atoms with E-state index in [0.29, 0.717) is 31.4 Å². The van der Waals surface area contributed by atoms with Crippen LogP contribution in [0, 0.1) is 5.92 Å². The molecule has 0 aromatic heterocycles. The fourth-order valence-corrected chi connectivity index (χ4v) is 6.00. The summed E-state index contributed by atoms with van der Waals surface area (Å²) in [5.41, 5.74) is 11.9. The van der Waals surface area contributed by atoms with Crippen LogP contribution < -0.4 is 38.1 Å². The molecule has 1 aromatic carbocycles. The normalized spacial score (nSPS) is 18.3. The van der Waals surface area contributed by atoms with E-state index in [9.17, 15) is 59.1 Å². The number of hydrogen-bond donors (Lipinski definition) is 12. The maximum atomic E-state index is 13.9. The van der Waals surface area contributed by atoms with Gasteiger partial charge in [0.1, 0.15) is 36.0 Å². The minimum atomic E-state index is -1.64. The van der Waals surface area contributed by atoms with E-state index < -0.39 is 108 Å². The van der Waals surface area contributed by atoms with Crippen molar-refractivity contribution in [3.63, 3.8) is 0 Å². The van der Waals surface area contributed by atoms with Gasteiger partial charge < -0.3 is 68.5 Å². The third kappa shape index (κ3) is 14.0. The molecule has 6 amide bonds. The first-order valence-electron chi connectivity index (χ1n) is 18.6. The summed E-state index contributed by atoms with van der Waals surface area (Å²) in [6.45, 7) is 5.20. The van der Waals surface area contributed by atoms with E-state index in [-0.39, 0.29) is 31.6 Å². The summed E-state index contributed by atoms with van der Waals surface area (Å²) >= 11 is 0. The SMILES string of the molecule is CC(C)[C@H](NC(=O)[C@H](Cc1ccc(O)cc1)NC(=O)[C@H](CO)NC(=O)[C@@H](N)CCCCN)C(=O)N[C@H](C(=O)N1CCC[C@H]1C(=O)N[C@H](C(=O)O)[C@@H](C)O)[C@@H](C)O. The number of carboxylic acids is 1. The van der Waals surface area contributed by atoms with Crippen molar-refractivity contribution < 1.29 is 59.1 Å². The van der Waals surface area contributed by atoms with E-state index in [1.54, 1.807) is 13.8 Å². The number of nitrogens with zero attached hydrogens (tertiary/aromatic N) is 1. The van der Waals surface area contributed by atoms with E-state index in [4.69, 9.17) is 11.5 Å². The number of hydrogen-bond acceptors (Lipinski definition) is 13. The van der Waals surface area contributed by atoms with Crippen molar-refractivity contribution in [2.24, 2.45) is 17.4 Å². The quantitative estimate of drug-likeness (QED) is 0.0503. The highest BCUT2D eigenvalue weighted by molar-refractivity contribution is 5.97. The van der Waals surface area contributed by atoms with Gasteiger partial charge in [-0.2, -0.15) is 0 Å². The molecule has 0 spiro atoms. The number of benzene rings is 1. The summed E-state index contributed by atoms with van der Waals surface area (Å²) in [7, 11) is 0. The fraction of sp³-hybridized carbons (Fsp3) is 0.639. The molecule has 1 heterocycles. The van der Waals surface area contributed by atoms with Gasteiger partial charge in [-0.1, -0.05) is 32.4 Å². The number of unbranched alkanes of at least 4 members (excludes halogenated alkanes) is 1. The lowest BCUT2D eigenvalue weighted by atomic mass is 9.99. The second kappa shape index (κ2) is 22.6. The fourth-order valence-electron chi connectivity index (χ4n) is 6.00. The zero-order chi connectivity index (χ0) is 42.3. The number of aliphatic hydroxyl groups excluding tert-OH is 3. The van der Waals surface area contributed by atoms with Gasteiger partial charge in [-0.05, 0) is 69.7 Å². The second-order valence-corrected chi connectivity index (χ2v) is 14.3. The number of carbonyl (C=O) groups excluding carboxylic acids is 6. The number of aliphatic hydroxyl groups is 3. The van der Waals surface area contributed by atoms with Crippen LogP contribution in [0.3, 0.4) is 0 Å². The van der Waals surface area contributed by atoms with Gasteiger partial charge >= 0.3 is 5.97 Å². The Hall–Kier alpha value is -4.89. The predicted octanol–water partition coefficient (Wildman–Crippen LogP) is -3.70. The number of nitrogens with two attached hydrogens (primary N) is 2. The lowest BCUT2D eigenvalue weighted by Crippen LogP contribution is -2.62. The Balaban J connectivity index is 2.28. The van der Waals surface area contributed by atoms with E-state index in [1.165, 1.54) is 38.1 Å². The topological polar surface area (TPSA) is 336 Å². The Morgan fingerprint density at radius 1 is 0.786 bits per heavy atom. The number of amides is 6. The van der Waals surface area contributed by atoms with Crippen LogP contribution in [0.5, 0.6) is 5.75 Å².